The van der Waals surface area contributed by atoms with Crippen LogP contribution in [0.5, 0.6) is 0 Å². The van der Waals surface area contributed by atoms with Gasteiger partial charge in [0.2, 0.25) is 0 Å². The summed E-state index contributed by atoms with van der Waals surface area (Å²) in [6, 6.07) is 6.01. The van der Waals surface area contributed by atoms with Crippen molar-refractivity contribution in [3.05, 3.63) is 33.8 Å². The minimum atomic E-state index is 0.237. The molecule has 0 aliphatic carbocycles. The number of halogens is 2. The van der Waals surface area contributed by atoms with Crippen LogP contribution >= 0.6 is 23.2 Å². The van der Waals surface area contributed by atoms with Crippen molar-refractivity contribution < 1.29 is 5.11 Å². The van der Waals surface area contributed by atoms with E-state index in [1.54, 1.807) is 0 Å². The Morgan fingerprint density at radius 2 is 2.12 bits per heavy atom. The Labute approximate surface area is 106 Å². The quantitative estimate of drug-likeness (QED) is 0.903. The van der Waals surface area contributed by atoms with Crippen LogP contribution in [0.25, 0.3) is 0 Å². The van der Waals surface area contributed by atoms with Crippen LogP contribution in [-0.4, -0.2) is 29.2 Å². The van der Waals surface area contributed by atoms with Crippen LogP contribution < -0.4 is 0 Å². The molecular weight excluding hydrogens is 245 g/mol. The molecule has 1 aliphatic rings. The lowest BCUT2D eigenvalue weighted by Crippen LogP contribution is -2.31. The SMILES string of the molecule is OCC1CCCN1Cc1ccc(Cl)c(Cl)c1. The fraction of sp³-hybridized carbons (Fsp3) is 0.500. The zero-order chi connectivity index (χ0) is 11.5. The van der Waals surface area contributed by atoms with Crippen LogP contribution in [0.1, 0.15) is 18.4 Å². The molecule has 16 heavy (non-hydrogen) atoms. The zero-order valence-electron chi connectivity index (χ0n) is 9.00. The van der Waals surface area contributed by atoms with Crippen LogP contribution in [0.15, 0.2) is 18.2 Å². The van der Waals surface area contributed by atoms with Crippen molar-refractivity contribution in [1.82, 2.24) is 4.90 Å². The highest BCUT2D eigenvalue weighted by atomic mass is 35.5. The highest BCUT2D eigenvalue weighted by molar-refractivity contribution is 6.42. The van der Waals surface area contributed by atoms with Crippen molar-refractivity contribution >= 4 is 23.2 Å². The molecule has 1 fully saturated rings. The molecule has 4 heteroatoms. The van der Waals surface area contributed by atoms with E-state index >= 15 is 0 Å². The van der Waals surface area contributed by atoms with Crippen molar-refractivity contribution in [2.75, 3.05) is 13.2 Å². The van der Waals surface area contributed by atoms with Gasteiger partial charge in [0.15, 0.2) is 0 Å². The molecule has 1 aliphatic heterocycles. The van der Waals surface area contributed by atoms with Crippen molar-refractivity contribution in [3.63, 3.8) is 0 Å². The molecule has 0 bridgehead atoms. The lowest BCUT2D eigenvalue weighted by Gasteiger charge is -2.22. The number of nitrogens with zero attached hydrogens (tertiary/aromatic N) is 1. The minimum absolute atomic E-state index is 0.237. The van der Waals surface area contributed by atoms with Gasteiger partial charge in [-0.05, 0) is 37.1 Å². The third kappa shape index (κ3) is 2.69. The average Bonchev–Trinajstić information content (AvgIpc) is 2.71. The van der Waals surface area contributed by atoms with Gasteiger partial charge in [0, 0.05) is 12.6 Å². The Bertz CT molecular complexity index is 370. The number of rotatable bonds is 3. The second kappa shape index (κ2) is 5.37. The maximum absolute atomic E-state index is 9.22. The first-order chi connectivity index (χ1) is 7.70. The molecule has 2 rings (SSSR count). The molecule has 2 nitrogen and oxygen atoms in total. The monoisotopic (exact) mass is 259 g/mol. The van der Waals surface area contributed by atoms with Gasteiger partial charge in [-0.3, -0.25) is 4.90 Å². The predicted octanol–water partition coefficient (Wildman–Crippen LogP) is 2.95. The molecule has 1 N–H and O–H groups in total. The van der Waals surface area contributed by atoms with E-state index in [0.717, 1.165) is 31.5 Å². The van der Waals surface area contributed by atoms with Crippen molar-refractivity contribution in [2.45, 2.75) is 25.4 Å². The summed E-state index contributed by atoms with van der Waals surface area (Å²) in [5.74, 6) is 0. The van der Waals surface area contributed by atoms with Crippen LogP contribution in [-0.2, 0) is 6.54 Å². The first kappa shape index (κ1) is 12.2. The van der Waals surface area contributed by atoms with Crippen molar-refractivity contribution in [1.29, 1.82) is 0 Å². The Kier molecular flexibility index (Phi) is 4.09. The van der Waals surface area contributed by atoms with E-state index in [-0.39, 0.29) is 6.61 Å². The number of hydrogen-bond acceptors (Lipinski definition) is 2. The standard InChI is InChI=1S/C12H15Cl2NO/c13-11-4-3-9(6-12(11)14)7-15-5-1-2-10(15)8-16/h3-4,6,10,16H,1-2,5,7-8H2. The second-order valence-corrected chi connectivity index (χ2v) is 5.01. The molecule has 0 spiro atoms. The van der Waals surface area contributed by atoms with Gasteiger partial charge in [0.25, 0.3) is 0 Å². The van der Waals surface area contributed by atoms with Gasteiger partial charge < -0.3 is 5.11 Å². The Morgan fingerprint density at radius 3 is 2.81 bits per heavy atom. The van der Waals surface area contributed by atoms with E-state index in [9.17, 15) is 5.11 Å². The number of benzene rings is 1. The molecule has 88 valence electrons. The lowest BCUT2D eigenvalue weighted by molar-refractivity contribution is 0.153. The van der Waals surface area contributed by atoms with Gasteiger partial charge in [-0.25, -0.2) is 0 Å². The summed E-state index contributed by atoms with van der Waals surface area (Å²) in [7, 11) is 0. The second-order valence-electron chi connectivity index (χ2n) is 4.20. The van der Waals surface area contributed by atoms with Crippen LogP contribution in [0.2, 0.25) is 10.0 Å². The first-order valence-electron chi connectivity index (χ1n) is 5.49. The summed E-state index contributed by atoms with van der Waals surface area (Å²) in [6.07, 6.45) is 2.24. The summed E-state index contributed by atoms with van der Waals surface area (Å²) >= 11 is 11.8. The lowest BCUT2D eigenvalue weighted by atomic mass is 10.2. The molecule has 0 radical (unpaired) electrons. The highest BCUT2D eigenvalue weighted by Crippen LogP contribution is 2.25. The van der Waals surface area contributed by atoms with Gasteiger partial charge in [0.05, 0.1) is 16.7 Å². The summed E-state index contributed by atoms with van der Waals surface area (Å²) in [6.45, 7) is 2.12. The van der Waals surface area contributed by atoms with Crippen LogP contribution in [0.4, 0.5) is 0 Å². The van der Waals surface area contributed by atoms with Gasteiger partial charge in [-0.2, -0.15) is 0 Å². The maximum atomic E-state index is 9.22. The topological polar surface area (TPSA) is 23.5 Å². The molecular formula is C12H15Cl2NO. The Balaban J connectivity index is 2.05. The molecule has 0 aromatic heterocycles. The highest BCUT2D eigenvalue weighted by Gasteiger charge is 2.23. The molecule has 1 unspecified atom stereocenters. The molecule has 1 aromatic carbocycles. The van der Waals surface area contributed by atoms with E-state index in [0.29, 0.717) is 16.1 Å². The minimum Gasteiger partial charge on any atom is -0.395 e. The third-order valence-corrected chi connectivity index (χ3v) is 3.82. The van der Waals surface area contributed by atoms with E-state index in [2.05, 4.69) is 4.90 Å². The van der Waals surface area contributed by atoms with Crippen molar-refractivity contribution in [2.24, 2.45) is 0 Å². The normalized spacial score (nSPS) is 21.6. The summed E-state index contributed by atoms with van der Waals surface area (Å²) in [4.78, 5) is 2.29. The summed E-state index contributed by atoms with van der Waals surface area (Å²) in [5.41, 5.74) is 1.15. The molecule has 0 amide bonds. The van der Waals surface area contributed by atoms with Gasteiger partial charge >= 0.3 is 0 Å². The van der Waals surface area contributed by atoms with E-state index in [1.165, 1.54) is 0 Å². The molecule has 1 heterocycles. The van der Waals surface area contributed by atoms with Gasteiger partial charge in [-0.1, -0.05) is 29.3 Å². The van der Waals surface area contributed by atoms with Gasteiger partial charge in [0.1, 0.15) is 0 Å². The smallest absolute Gasteiger partial charge is 0.0595 e. The maximum Gasteiger partial charge on any atom is 0.0595 e. The molecule has 1 saturated heterocycles. The predicted molar refractivity (Wildman–Crippen MR) is 67.0 cm³/mol. The van der Waals surface area contributed by atoms with E-state index < -0.39 is 0 Å². The van der Waals surface area contributed by atoms with E-state index in [1.807, 2.05) is 18.2 Å². The average molecular weight is 260 g/mol. The number of hydrogen-bond donors (Lipinski definition) is 1. The largest absolute Gasteiger partial charge is 0.395 e. The Hall–Kier alpha value is -0.280. The molecule has 1 atom stereocenters. The number of aliphatic hydroxyl groups excluding tert-OH is 1. The fourth-order valence-electron chi connectivity index (χ4n) is 2.18. The van der Waals surface area contributed by atoms with Gasteiger partial charge in [-0.15, -0.1) is 0 Å². The first-order valence-corrected chi connectivity index (χ1v) is 6.25. The zero-order valence-corrected chi connectivity index (χ0v) is 10.5. The van der Waals surface area contributed by atoms with Crippen LogP contribution in [0.3, 0.4) is 0 Å². The fourth-order valence-corrected chi connectivity index (χ4v) is 2.50. The molecule has 1 aromatic rings. The van der Waals surface area contributed by atoms with Crippen molar-refractivity contribution in [3.8, 4) is 0 Å². The summed E-state index contributed by atoms with van der Waals surface area (Å²) in [5, 5.41) is 10.4. The molecule has 0 saturated carbocycles. The van der Waals surface area contributed by atoms with Crippen LogP contribution in [0, 0.1) is 0 Å². The Morgan fingerprint density at radius 1 is 1.31 bits per heavy atom. The number of aliphatic hydroxyl groups is 1. The number of likely N-dealkylation sites (tertiary alicyclic amines) is 1. The third-order valence-electron chi connectivity index (χ3n) is 3.08. The summed E-state index contributed by atoms with van der Waals surface area (Å²) < 4.78 is 0. The van der Waals surface area contributed by atoms with E-state index in [4.69, 9.17) is 23.2 Å².